The first-order valence-corrected chi connectivity index (χ1v) is 21.3. The van der Waals surface area contributed by atoms with Crippen LogP contribution in [0.4, 0.5) is 0 Å². The molecule has 4 atom stereocenters. The monoisotopic (exact) mass is 823 g/mol. The Bertz CT molecular complexity index is 1770. The van der Waals surface area contributed by atoms with E-state index < -0.39 is 23.8 Å². The summed E-state index contributed by atoms with van der Waals surface area (Å²) in [5.41, 5.74) is 3.38. The molecule has 4 aliphatic rings. The number of ether oxygens (including phenoxy) is 3. The number of hydrogen-bond acceptors (Lipinski definition) is 10. The number of likely N-dealkylation sites (N-methyl/N-ethyl adjacent to an activating group) is 1. The first-order chi connectivity index (χ1) is 27.6. The number of nitrogens with zero attached hydrogens (tertiary/aromatic N) is 5. The van der Waals surface area contributed by atoms with Gasteiger partial charge in [-0.15, -0.1) is 0 Å². The standard InChI is InChI=1S/C44H59Cl2N5O6/c1-6-49(7-2)23-24-57-28-30-12-9-8-11-29(30)15-18-36-40(43(53)55-4)42(39-34(45)13-10-14-35(39)46)41(44(54)56-5)37(47-36)27-38(52)51-21-19-50(20-22-51)33-25-31-16-17-32(26-33)48(31)3/h8-14,31-33,41-42H,6-7,15-28H2,1-5H3. The van der Waals surface area contributed by atoms with E-state index in [4.69, 9.17) is 42.4 Å². The average Bonchev–Trinajstić information content (AvgIpc) is 3.40. The van der Waals surface area contributed by atoms with E-state index in [2.05, 4.69) is 35.6 Å². The third-order valence-corrected chi connectivity index (χ3v) is 13.5. The second-order valence-corrected chi connectivity index (χ2v) is 16.5. The maximum absolute atomic E-state index is 14.2. The van der Waals surface area contributed by atoms with Gasteiger partial charge in [0.25, 0.3) is 0 Å². The molecule has 1 amide bonds. The number of piperazine rings is 1. The minimum absolute atomic E-state index is 0.119. The summed E-state index contributed by atoms with van der Waals surface area (Å²) in [5, 5.41) is 0.556. The Balaban J connectivity index is 1.28. The van der Waals surface area contributed by atoms with Crippen molar-refractivity contribution >= 4 is 46.8 Å². The average molecular weight is 825 g/mol. The highest BCUT2D eigenvalue weighted by Gasteiger charge is 2.47. The Labute approximate surface area is 348 Å². The smallest absolute Gasteiger partial charge is 0.336 e. The number of allylic oxidation sites excluding steroid dienone is 1. The van der Waals surface area contributed by atoms with Gasteiger partial charge in [-0.25, -0.2) is 4.79 Å². The summed E-state index contributed by atoms with van der Waals surface area (Å²) in [6.45, 7) is 10.9. The molecule has 310 valence electrons. The number of esters is 2. The number of halogens is 2. The molecule has 0 saturated carbocycles. The highest BCUT2D eigenvalue weighted by atomic mass is 35.5. The van der Waals surface area contributed by atoms with Crippen molar-refractivity contribution in [3.8, 4) is 0 Å². The van der Waals surface area contributed by atoms with Gasteiger partial charge in [0.05, 0.1) is 45.1 Å². The van der Waals surface area contributed by atoms with E-state index in [1.54, 1.807) is 18.2 Å². The first-order valence-electron chi connectivity index (χ1n) is 20.6. The first kappa shape index (κ1) is 43.3. The summed E-state index contributed by atoms with van der Waals surface area (Å²) in [4.78, 5) is 56.4. The molecule has 2 aromatic rings. The summed E-state index contributed by atoms with van der Waals surface area (Å²) in [7, 11) is 4.85. The van der Waals surface area contributed by atoms with Gasteiger partial charge in [-0.2, -0.15) is 0 Å². The van der Waals surface area contributed by atoms with Gasteiger partial charge in [0.1, 0.15) is 5.92 Å². The second-order valence-electron chi connectivity index (χ2n) is 15.7. The molecule has 0 aromatic heterocycles. The molecule has 4 aliphatic heterocycles. The van der Waals surface area contributed by atoms with Gasteiger partial charge in [-0.1, -0.05) is 67.4 Å². The Morgan fingerprint density at radius 1 is 0.842 bits per heavy atom. The zero-order valence-electron chi connectivity index (χ0n) is 34.2. The van der Waals surface area contributed by atoms with E-state index in [1.165, 1.54) is 39.9 Å². The second kappa shape index (κ2) is 20.1. The third kappa shape index (κ3) is 9.94. The van der Waals surface area contributed by atoms with Crippen LogP contribution >= 0.6 is 23.2 Å². The van der Waals surface area contributed by atoms with E-state index >= 15 is 0 Å². The molecule has 57 heavy (non-hydrogen) atoms. The number of fused-ring (bicyclic) bond motifs is 2. The Morgan fingerprint density at radius 3 is 2.11 bits per heavy atom. The van der Waals surface area contributed by atoms with Crippen molar-refractivity contribution in [2.45, 2.75) is 89.4 Å². The largest absolute Gasteiger partial charge is 0.468 e. The summed E-state index contributed by atoms with van der Waals surface area (Å²) in [5.74, 6) is -3.56. The van der Waals surface area contributed by atoms with E-state index in [1.807, 2.05) is 29.2 Å². The maximum atomic E-state index is 14.2. The Morgan fingerprint density at radius 2 is 1.49 bits per heavy atom. The summed E-state index contributed by atoms with van der Waals surface area (Å²) in [6, 6.07) is 15.0. The van der Waals surface area contributed by atoms with Crippen LogP contribution in [0, 0.1) is 5.92 Å². The Hall–Kier alpha value is -3.32. The molecule has 4 heterocycles. The van der Waals surface area contributed by atoms with Crippen LogP contribution in [0.2, 0.25) is 10.0 Å². The van der Waals surface area contributed by atoms with Crippen LogP contribution in [0.15, 0.2) is 58.7 Å². The number of carbonyl (C=O) groups excluding carboxylic acids is 3. The van der Waals surface area contributed by atoms with Crippen molar-refractivity contribution in [2.75, 3.05) is 73.7 Å². The molecule has 3 saturated heterocycles. The summed E-state index contributed by atoms with van der Waals surface area (Å²) >= 11 is 13.7. The lowest BCUT2D eigenvalue weighted by Gasteiger charge is -2.45. The van der Waals surface area contributed by atoms with Gasteiger partial charge in [-0.3, -0.25) is 19.5 Å². The van der Waals surface area contributed by atoms with Crippen LogP contribution in [0.1, 0.15) is 75.0 Å². The lowest BCUT2D eigenvalue weighted by molar-refractivity contribution is -0.143. The van der Waals surface area contributed by atoms with E-state index in [0.29, 0.717) is 74.2 Å². The van der Waals surface area contributed by atoms with Crippen LogP contribution in [-0.2, 0) is 41.6 Å². The van der Waals surface area contributed by atoms with Gasteiger partial charge < -0.3 is 28.9 Å². The molecule has 0 aliphatic carbocycles. The van der Waals surface area contributed by atoms with Crippen LogP contribution in [0.5, 0.6) is 0 Å². The minimum atomic E-state index is -1.14. The molecule has 4 unspecified atom stereocenters. The van der Waals surface area contributed by atoms with Crippen LogP contribution in [0.25, 0.3) is 0 Å². The fourth-order valence-electron chi connectivity index (χ4n) is 9.45. The molecular weight excluding hydrogens is 765 g/mol. The molecule has 2 bridgehead atoms. The van der Waals surface area contributed by atoms with Crippen molar-refractivity contribution in [3.05, 3.63) is 80.5 Å². The molecular formula is C44H59Cl2N5O6. The number of piperidine rings is 1. The molecule has 2 aromatic carbocycles. The quantitative estimate of drug-likeness (QED) is 0.141. The fraction of sp³-hybridized carbons (Fsp3) is 0.591. The molecule has 3 fully saturated rings. The zero-order valence-corrected chi connectivity index (χ0v) is 35.7. The summed E-state index contributed by atoms with van der Waals surface area (Å²) in [6.07, 6.45) is 5.61. The number of rotatable bonds is 16. The fourth-order valence-corrected chi connectivity index (χ4v) is 10.1. The maximum Gasteiger partial charge on any atom is 0.336 e. The number of hydrogen-bond donors (Lipinski definition) is 0. The van der Waals surface area contributed by atoms with Gasteiger partial charge in [0.15, 0.2) is 0 Å². The zero-order chi connectivity index (χ0) is 40.6. The van der Waals surface area contributed by atoms with Crippen molar-refractivity contribution in [2.24, 2.45) is 10.9 Å². The highest BCUT2D eigenvalue weighted by Crippen LogP contribution is 2.47. The highest BCUT2D eigenvalue weighted by molar-refractivity contribution is 6.36. The number of methoxy groups -OCH3 is 2. The van der Waals surface area contributed by atoms with Crippen molar-refractivity contribution < 1.29 is 28.6 Å². The van der Waals surface area contributed by atoms with Gasteiger partial charge in [0, 0.05) is 72.5 Å². The Kier molecular flexibility index (Phi) is 15.3. The molecule has 0 radical (unpaired) electrons. The van der Waals surface area contributed by atoms with Crippen LogP contribution < -0.4 is 0 Å². The van der Waals surface area contributed by atoms with E-state index in [9.17, 15) is 14.4 Å². The van der Waals surface area contributed by atoms with Crippen molar-refractivity contribution in [1.82, 2.24) is 19.6 Å². The molecule has 13 heteroatoms. The molecule has 0 N–H and O–H groups in total. The molecule has 6 rings (SSSR count). The lowest BCUT2D eigenvalue weighted by atomic mass is 9.73. The lowest BCUT2D eigenvalue weighted by Crippen LogP contribution is -2.56. The number of benzene rings is 2. The SMILES string of the molecule is CCN(CC)CCOCc1ccccc1CCC1=C(C(=O)OC)C(c2c(Cl)cccc2Cl)C(C(=O)OC)C(CC(=O)N2CCN(C3CC4CCC(C3)N4C)CC2)=N1. The van der Waals surface area contributed by atoms with Gasteiger partial charge in [0.2, 0.25) is 5.91 Å². The van der Waals surface area contributed by atoms with Crippen LogP contribution in [-0.4, -0.2) is 135 Å². The van der Waals surface area contributed by atoms with Gasteiger partial charge in [-0.05, 0) is 87.5 Å². The normalized spacial score (nSPS) is 24.2. The molecule has 0 spiro atoms. The van der Waals surface area contributed by atoms with E-state index in [-0.39, 0.29) is 27.9 Å². The van der Waals surface area contributed by atoms with Crippen LogP contribution in [0.3, 0.4) is 0 Å². The van der Waals surface area contributed by atoms with Crippen molar-refractivity contribution in [3.63, 3.8) is 0 Å². The minimum Gasteiger partial charge on any atom is -0.468 e. The predicted octanol–water partition coefficient (Wildman–Crippen LogP) is 6.40. The number of amides is 1. The number of aryl methyl sites for hydroxylation is 1. The number of carbonyl (C=O) groups is 3. The molecule has 11 nitrogen and oxygen atoms in total. The third-order valence-electron chi connectivity index (χ3n) is 12.8. The topological polar surface area (TPSA) is 104 Å². The van der Waals surface area contributed by atoms with Gasteiger partial charge >= 0.3 is 11.9 Å². The predicted molar refractivity (Wildman–Crippen MR) is 224 cm³/mol. The number of aliphatic imine (C=N–C) groups is 1. The van der Waals surface area contributed by atoms with E-state index in [0.717, 1.165) is 43.9 Å². The van der Waals surface area contributed by atoms with Crippen molar-refractivity contribution in [1.29, 1.82) is 0 Å². The summed E-state index contributed by atoms with van der Waals surface area (Å²) < 4.78 is 16.9.